The largest absolute Gasteiger partial charge is 0.440 e. The van der Waals surface area contributed by atoms with E-state index in [1.807, 2.05) is 74.5 Å². The van der Waals surface area contributed by atoms with Crippen LogP contribution in [0.5, 0.6) is 0 Å². The van der Waals surface area contributed by atoms with Gasteiger partial charge in [-0.25, -0.2) is 4.98 Å². The quantitative estimate of drug-likeness (QED) is 0.656. The Hall–Kier alpha value is -2.68. The molecule has 3 nitrogen and oxygen atoms in total. The molecule has 0 aliphatic carbocycles. The fourth-order valence-corrected chi connectivity index (χ4v) is 2.44. The van der Waals surface area contributed by atoms with Crippen molar-refractivity contribution < 1.29 is 4.42 Å². The number of nitrogens with one attached hydrogen (secondary N) is 1. The smallest absolute Gasteiger partial charge is 0.196 e. The van der Waals surface area contributed by atoms with Gasteiger partial charge in [0, 0.05) is 29.2 Å². The molecular weight excluding hydrogens is 284 g/mol. The molecule has 116 valence electrons. The van der Waals surface area contributed by atoms with Crippen molar-refractivity contribution in [2.75, 3.05) is 0 Å². The molecule has 1 heterocycles. The fraction of sp³-hybridized carbons (Fsp3) is 0.200. The van der Waals surface area contributed by atoms with Gasteiger partial charge in [0.2, 0.25) is 0 Å². The molecule has 23 heavy (non-hydrogen) atoms. The summed E-state index contributed by atoms with van der Waals surface area (Å²) >= 11 is 0. The predicted molar refractivity (Wildman–Crippen MR) is 93.6 cm³/mol. The third-order valence-corrected chi connectivity index (χ3v) is 3.97. The molecule has 0 aliphatic rings. The van der Waals surface area contributed by atoms with Gasteiger partial charge in [-0.1, -0.05) is 67.6 Å². The summed E-state index contributed by atoms with van der Waals surface area (Å²) in [5.74, 6) is 1.60. The minimum Gasteiger partial charge on any atom is -0.440 e. The van der Waals surface area contributed by atoms with Gasteiger partial charge in [0.1, 0.15) is 5.69 Å². The predicted octanol–water partition coefficient (Wildman–Crippen LogP) is 5.23. The van der Waals surface area contributed by atoms with Crippen LogP contribution in [0.4, 0.5) is 0 Å². The molecular formula is C20H20N2O. The number of hydrogen-bond acceptors (Lipinski definition) is 3. The Morgan fingerprint density at radius 1 is 1.00 bits per heavy atom. The van der Waals surface area contributed by atoms with Gasteiger partial charge in [-0.15, -0.1) is 0 Å². The minimum atomic E-state index is 0.126. The molecule has 1 atom stereocenters. The van der Waals surface area contributed by atoms with Crippen molar-refractivity contribution in [3.05, 3.63) is 66.6 Å². The van der Waals surface area contributed by atoms with E-state index in [9.17, 15) is 0 Å². The molecule has 0 aliphatic heterocycles. The molecule has 0 fully saturated rings. The summed E-state index contributed by atoms with van der Waals surface area (Å²) in [6.07, 6.45) is 0.641. The first-order valence-corrected chi connectivity index (χ1v) is 7.80. The standard InChI is InChI=1S/C20H20N2O/c1-14(15(2)21)13-18-22-19(16-9-5-3-6-10-16)20(23-18)17-11-7-4-8-12-17/h3-12,14,21H,13H2,1-2H3/t14-/m1/s1. The highest BCUT2D eigenvalue weighted by molar-refractivity contribution is 5.81. The van der Waals surface area contributed by atoms with Crippen molar-refractivity contribution in [2.45, 2.75) is 20.3 Å². The molecule has 3 rings (SSSR count). The summed E-state index contributed by atoms with van der Waals surface area (Å²) in [4.78, 5) is 4.72. The van der Waals surface area contributed by atoms with Crippen molar-refractivity contribution in [1.29, 1.82) is 5.41 Å². The van der Waals surface area contributed by atoms with E-state index >= 15 is 0 Å². The highest BCUT2D eigenvalue weighted by atomic mass is 16.4. The van der Waals surface area contributed by atoms with Gasteiger partial charge >= 0.3 is 0 Å². The molecule has 0 saturated carbocycles. The molecule has 0 radical (unpaired) electrons. The van der Waals surface area contributed by atoms with Gasteiger partial charge in [-0.05, 0) is 6.92 Å². The van der Waals surface area contributed by atoms with Crippen LogP contribution in [-0.4, -0.2) is 10.7 Å². The zero-order valence-corrected chi connectivity index (χ0v) is 13.4. The van der Waals surface area contributed by atoms with Gasteiger partial charge in [-0.2, -0.15) is 0 Å². The number of rotatable bonds is 5. The number of oxazole rings is 1. The van der Waals surface area contributed by atoms with Crippen molar-refractivity contribution in [3.63, 3.8) is 0 Å². The Labute approximate surface area is 136 Å². The van der Waals surface area contributed by atoms with E-state index in [0.717, 1.165) is 22.6 Å². The lowest BCUT2D eigenvalue weighted by Crippen LogP contribution is -2.08. The maximum atomic E-state index is 7.77. The van der Waals surface area contributed by atoms with Gasteiger partial charge in [-0.3, -0.25) is 0 Å². The van der Waals surface area contributed by atoms with E-state index in [-0.39, 0.29) is 5.92 Å². The van der Waals surface area contributed by atoms with Crippen LogP contribution in [0, 0.1) is 11.3 Å². The lowest BCUT2D eigenvalue weighted by atomic mass is 10.0. The third kappa shape index (κ3) is 3.39. The molecule has 3 aromatic rings. The Bertz CT molecular complexity index is 734. The Morgan fingerprint density at radius 2 is 1.57 bits per heavy atom. The van der Waals surface area contributed by atoms with Gasteiger partial charge in [0.15, 0.2) is 11.7 Å². The van der Waals surface area contributed by atoms with Crippen LogP contribution in [0.1, 0.15) is 19.7 Å². The normalized spacial score (nSPS) is 12.1. The molecule has 0 saturated heterocycles. The van der Waals surface area contributed by atoms with Crippen LogP contribution in [0.15, 0.2) is 65.1 Å². The van der Waals surface area contributed by atoms with Crippen molar-refractivity contribution in [3.8, 4) is 22.6 Å². The van der Waals surface area contributed by atoms with Crippen LogP contribution in [0.25, 0.3) is 22.6 Å². The summed E-state index contributed by atoms with van der Waals surface area (Å²) in [5.41, 5.74) is 3.57. The van der Waals surface area contributed by atoms with Crippen molar-refractivity contribution >= 4 is 5.71 Å². The summed E-state index contributed by atoms with van der Waals surface area (Å²) in [5, 5.41) is 7.77. The van der Waals surface area contributed by atoms with E-state index < -0.39 is 0 Å². The maximum absolute atomic E-state index is 7.77. The molecule has 0 bridgehead atoms. The monoisotopic (exact) mass is 304 g/mol. The molecule has 0 amide bonds. The fourth-order valence-electron chi connectivity index (χ4n) is 2.44. The molecule has 0 unspecified atom stereocenters. The van der Waals surface area contributed by atoms with E-state index in [0.29, 0.717) is 18.0 Å². The van der Waals surface area contributed by atoms with E-state index in [1.54, 1.807) is 0 Å². The first-order chi connectivity index (χ1) is 11.1. The topological polar surface area (TPSA) is 49.9 Å². The number of benzene rings is 2. The van der Waals surface area contributed by atoms with Crippen LogP contribution >= 0.6 is 0 Å². The van der Waals surface area contributed by atoms with Gasteiger partial charge < -0.3 is 9.83 Å². The zero-order chi connectivity index (χ0) is 16.2. The van der Waals surface area contributed by atoms with Crippen molar-refractivity contribution in [2.24, 2.45) is 5.92 Å². The maximum Gasteiger partial charge on any atom is 0.196 e. The Kier molecular flexibility index (Phi) is 4.38. The highest BCUT2D eigenvalue weighted by Gasteiger charge is 2.18. The lowest BCUT2D eigenvalue weighted by molar-refractivity contribution is 0.486. The molecule has 0 spiro atoms. The van der Waals surface area contributed by atoms with E-state index in [4.69, 9.17) is 14.8 Å². The SMILES string of the molecule is CC(=N)[C@H](C)Cc1nc(-c2ccccc2)c(-c2ccccc2)o1. The van der Waals surface area contributed by atoms with E-state index in [1.165, 1.54) is 0 Å². The van der Waals surface area contributed by atoms with Crippen LogP contribution in [0.3, 0.4) is 0 Å². The van der Waals surface area contributed by atoms with Crippen LogP contribution in [-0.2, 0) is 6.42 Å². The van der Waals surface area contributed by atoms with Crippen molar-refractivity contribution in [1.82, 2.24) is 4.98 Å². The average molecular weight is 304 g/mol. The summed E-state index contributed by atoms with van der Waals surface area (Å²) in [7, 11) is 0. The number of hydrogen-bond donors (Lipinski definition) is 1. The second-order valence-electron chi connectivity index (χ2n) is 5.81. The Morgan fingerprint density at radius 3 is 2.13 bits per heavy atom. The number of aromatic nitrogens is 1. The summed E-state index contributed by atoms with van der Waals surface area (Å²) in [6.45, 7) is 3.85. The third-order valence-electron chi connectivity index (χ3n) is 3.97. The van der Waals surface area contributed by atoms with Crippen LogP contribution in [0.2, 0.25) is 0 Å². The average Bonchev–Trinajstić information content (AvgIpc) is 3.00. The van der Waals surface area contributed by atoms with E-state index in [2.05, 4.69) is 0 Å². The lowest BCUT2D eigenvalue weighted by Gasteiger charge is -2.05. The first-order valence-electron chi connectivity index (χ1n) is 7.80. The molecule has 1 aromatic heterocycles. The molecule has 1 N–H and O–H groups in total. The van der Waals surface area contributed by atoms with Crippen LogP contribution < -0.4 is 0 Å². The molecule has 2 aromatic carbocycles. The Balaban J connectivity index is 2.06. The first kappa shape index (κ1) is 15.2. The highest BCUT2D eigenvalue weighted by Crippen LogP contribution is 2.33. The molecule has 3 heteroatoms. The number of nitrogens with zero attached hydrogens (tertiary/aromatic N) is 1. The second kappa shape index (κ2) is 6.61. The summed E-state index contributed by atoms with van der Waals surface area (Å²) < 4.78 is 6.07. The van der Waals surface area contributed by atoms with Gasteiger partial charge in [0.05, 0.1) is 0 Å². The summed E-state index contributed by atoms with van der Waals surface area (Å²) in [6, 6.07) is 20.1. The second-order valence-corrected chi connectivity index (χ2v) is 5.81. The zero-order valence-electron chi connectivity index (χ0n) is 13.4. The van der Waals surface area contributed by atoms with Gasteiger partial charge in [0.25, 0.3) is 0 Å². The minimum absolute atomic E-state index is 0.126.